The van der Waals surface area contributed by atoms with Gasteiger partial charge in [-0.05, 0) is 37.0 Å². The molecular formula is C17H31NO4. The summed E-state index contributed by atoms with van der Waals surface area (Å²) >= 11 is 0. The molecule has 1 aliphatic heterocycles. The van der Waals surface area contributed by atoms with E-state index in [4.69, 9.17) is 9.47 Å². The average Bonchev–Trinajstić information content (AvgIpc) is 2.89. The van der Waals surface area contributed by atoms with Crippen molar-refractivity contribution in [2.75, 3.05) is 19.8 Å². The first-order valence-electron chi connectivity index (χ1n) is 8.31. The summed E-state index contributed by atoms with van der Waals surface area (Å²) in [6.07, 6.45) is 2.97. The Morgan fingerprint density at radius 2 is 1.91 bits per heavy atom. The molecule has 0 N–H and O–H groups in total. The number of hydrogen-bond donors (Lipinski definition) is 0. The molecule has 1 fully saturated rings. The second-order valence-corrected chi connectivity index (χ2v) is 7.67. The van der Waals surface area contributed by atoms with E-state index in [-0.39, 0.29) is 11.4 Å². The standard InChI is InChI=1S/C17H31NO4/c1-13(2)8-7-11-21-15(19)14-9-6-10-18(14)16(20)22-12-17(3,4)5/h13-14H,6-12H2,1-5H3. The number of hydrogen-bond acceptors (Lipinski definition) is 4. The maximum atomic E-state index is 12.1. The van der Waals surface area contributed by atoms with Crippen LogP contribution in [0.5, 0.6) is 0 Å². The smallest absolute Gasteiger partial charge is 0.410 e. The molecule has 0 spiro atoms. The summed E-state index contributed by atoms with van der Waals surface area (Å²) in [5.74, 6) is 0.308. The predicted octanol–water partition coefficient (Wildman–Crippen LogP) is 3.61. The van der Waals surface area contributed by atoms with Crippen molar-refractivity contribution in [3.63, 3.8) is 0 Å². The van der Waals surface area contributed by atoms with Gasteiger partial charge in [-0.25, -0.2) is 9.59 Å². The fourth-order valence-electron chi connectivity index (χ4n) is 2.35. The highest BCUT2D eigenvalue weighted by atomic mass is 16.6. The molecule has 0 bridgehead atoms. The number of carbonyl (C=O) groups excluding carboxylic acids is 2. The molecule has 5 heteroatoms. The monoisotopic (exact) mass is 313 g/mol. The van der Waals surface area contributed by atoms with Crippen molar-refractivity contribution in [2.45, 2.75) is 66.3 Å². The summed E-state index contributed by atoms with van der Waals surface area (Å²) < 4.78 is 10.6. The molecule has 0 aromatic heterocycles. The minimum Gasteiger partial charge on any atom is -0.464 e. The normalized spacial score (nSPS) is 18.6. The highest BCUT2D eigenvalue weighted by molar-refractivity contribution is 5.82. The predicted molar refractivity (Wildman–Crippen MR) is 85.6 cm³/mol. The van der Waals surface area contributed by atoms with E-state index in [9.17, 15) is 9.59 Å². The number of carbonyl (C=O) groups is 2. The fraction of sp³-hybridized carbons (Fsp3) is 0.882. The molecule has 0 saturated carbocycles. The third kappa shape index (κ3) is 6.67. The molecule has 5 nitrogen and oxygen atoms in total. The van der Waals surface area contributed by atoms with Crippen LogP contribution >= 0.6 is 0 Å². The average molecular weight is 313 g/mol. The van der Waals surface area contributed by atoms with Crippen molar-refractivity contribution in [3.8, 4) is 0 Å². The number of likely N-dealkylation sites (tertiary alicyclic amines) is 1. The Bertz CT molecular complexity index is 373. The Hall–Kier alpha value is -1.26. The molecule has 1 atom stereocenters. The van der Waals surface area contributed by atoms with Crippen LogP contribution in [0.2, 0.25) is 0 Å². The van der Waals surface area contributed by atoms with E-state index in [1.165, 1.54) is 4.90 Å². The lowest BCUT2D eigenvalue weighted by Gasteiger charge is -2.25. The van der Waals surface area contributed by atoms with Gasteiger partial charge in [0.25, 0.3) is 0 Å². The van der Waals surface area contributed by atoms with E-state index >= 15 is 0 Å². The Balaban J connectivity index is 2.41. The van der Waals surface area contributed by atoms with Crippen LogP contribution in [0, 0.1) is 11.3 Å². The van der Waals surface area contributed by atoms with Gasteiger partial charge in [0.2, 0.25) is 0 Å². The highest BCUT2D eigenvalue weighted by Crippen LogP contribution is 2.21. The Morgan fingerprint density at radius 3 is 2.50 bits per heavy atom. The third-order valence-electron chi connectivity index (χ3n) is 3.56. The highest BCUT2D eigenvalue weighted by Gasteiger charge is 2.36. The summed E-state index contributed by atoms with van der Waals surface area (Å²) in [5, 5.41) is 0. The lowest BCUT2D eigenvalue weighted by molar-refractivity contribution is -0.148. The molecule has 0 aromatic carbocycles. The van der Waals surface area contributed by atoms with E-state index in [0.717, 1.165) is 19.3 Å². The van der Waals surface area contributed by atoms with Gasteiger partial charge in [0.1, 0.15) is 6.04 Å². The molecule has 1 amide bonds. The van der Waals surface area contributed by atoms with E-state index in [1.807, 2.05) is 20.8 Å². The van der Waals surface area contributed by atoms with Gasteiger partial charge in [-0.15, -0.1) is 0 Å². The first-order chi connectivity index (χ1) is 10.2. The molecule has 0 radical (unpaired) electrons. The first-order valence-corrected chi connectivity index (χ1v) is 8.31. The fourth-order valence-corrected chi connectivity index (χ4v) is 2.35. The van der Waals surface area contributed by atoms with Crippen molar-refractivity contribution >= 4 is 12.1 Å². The van der Waals surface area contributed by atoms with Crippen molar-refractivity contribution in [1.82, 2.24) is 4.90 Å². The molecular weight excluding hydrogens is 282 g/mol. The van der Waals surface area contributed by atoms with Crippen LogP contribution in [0.1, 0.15) is 60.3 Å². The molecule has 1 rings (SSSR count). The van der Waals surface area contributed by atoms with Crippen molar-refractivity contribution in [2.24, 2.45) is 11.3 Å². The molecule has 0 aliphatic carbocycles. The second-order valence-electron chi connectivity index (χ2n) is 7.67. The van der Waals surface area contributed by atoms with Crippen LogP contribution < -0.4 is 0 Å². The van der Waals surface area contributed by atoms with Crippen molar-refractivity contribution in [1.29, 1.82) is 0 Å². The summed E-state index contributed by atoms with van der Waals surface area (Å²) in [6, 6.07) is -0.480. The number of esters is 1. The molecule has 1 unspecified atom stereocenters. The maximum Gasteiger partial charge on any atom is 0.410 e. The van der Waals surface area contributed by atoms with Gasteiger partial charge in [0, 0.05) is 6.54 Å². The molecule has 1 saturated heterocycles. The number of nitrogens with zero attached hydrogens (tertiary/aromatic N) is 1. The summed E-state index contributed by atoms with van der Waals surface area (Å²) in [4.78, 5) is 25.8. The van der Waals surface area contributed by atoms with Crippen molar-refractivity contribution < 1.29 is 19.1 Å². The minimum atomic E-state index is -0.480. The molecule has 22 heavy (non-hydrogen) atoms. The molecule has 1 heterocycles. The summed E-state index contributed by atoms with van der Waals surface area (Å²) in [6.45, 7) is 11.6. The topological polar surface area (TPSA) is 55.8 Å². The third-order valence-corrected chi connectivity index (χ3v) is 3.56. The van der Waals surface area contributed by atoms with E-state index in [2.05, 4.69) is 13.8 Å². The van der Waals surface area contributed by atoms with Crippen LogP contribution in [-0.4, -0.2) is 42.8 Å². The van der Waals surface area contributed by atoms with Crippen LogP contribution in [0.15, 0.2) is 0 Å². The van der Waals surface area contributed by atoms with Gasteiger partial charge in [0.15, 0.2) is 0 Å². The molecule has 0 aromatic rings. The lowest BCUT2D eigenvalue weighted by Crippen LogP contribution is -2.42. The van der Waals surface area contributed by atoms with Gasteiger partial charge >= 0.3 is 12.1 Å². The van der Waals surface area contributed by atoms with Crippen LogP contribution in [0.3, 0.4) is 0 Å². The van der Waals surface area contributed by atoms with E-state index in [1.54, 1.807) is 0 Å². The maximum absolute atomic E-state index is 12.1. The SMILES string of the molecule is CC(C)CCCOC(=O)C1CCCN1C(=O)OCC(C)(C)C. The van der Waals surface area contributed by atoms with Crippen LogP contribution in [-0.2, 0) is 14.3 Å². The minimum absolute atomic E-state index is 0.0811. The quantitative estimate of drug-likeness (QED) is 0.555. The lowest BCUT2D eigenvalue weighted by atomic mass is 9.99. The van der Waals surface area contributed by atoms with Gasteiger partial charge in [0.05, 0.1) is 13.2 Å². The van der Waals surface area contributed by atoms with E-state index < -0.39 is 12.1 Å². The summed E-state index contributed by atoms with van der Waals surface area (Å²) in [5.41, 5.74) is -0.0811. The zero-order chi connectivity index (χ0) is 16.8. The Kier molecular flexibility index (Phi) is 7.17. The summed E-state index contributed by atoms with van der Waals surface area (Å²) in [7, 11) is 0. The van der Waals surface area contributed by atoms with Crippen LogP contribution in [0.4, 0.5) is 4.79 Å². The number of rotatable bonds is 6. The van der Waals surface area contributed by atoms with Crippen molar-refractivity contribution in [3.05, 3.63) is 0 Å². The van der Waals surface area contributed by atoms with E-state index in [0.29, 0.717) is 32.1 Å². The van der Waals surface area contributed by atoms with Crippen LogP contribution in [0.25, 0.3) is 0 Å². The molecule has 1 aliphatic rings. The zero-order valence-corrected chi connectivity index (χ0v) is 14.7. The van der Waals surface area contributed by atoms with Gasteiger partial charge in [-0.1, -0.05) is 34.6 Å². The second kappa shape index (κ2) is 8.39. The largest absolute Gasteiger partial charge is 0.464 e. The molecule has 128 valence electrons. The number of amides is 1. The zero-order valence-electron chi connectivity index (χ0n) is 14.7. The van der Waals surface area contributed by atoms with Gasteiger partial charge in [-0.3, -0.25) is 4.90 Å². The van der Waals surface area contributed by atoms with Gasteiger partial charge in [-0.2, -0.15) is 0 Å². The van der Waals surface area contributed by atoms with Gasteiger partial charge < -0.3 is 9.47 Å². The first kappa shape index (κ1) is 18.8. The Labute approximate surface area is 134 Å². The Morgan fingerprint density at radius 1 is 1.23 bits per heavy atom. The number of ether oxygens (including phenoxy) is 2.